The van der Waals surface area contributed by atoms with Crippen LogP contribution in [0.5, 0.6) is 5.75 Å². The molecule has 0 saturated carbocycles. The second-order valence-corrected chi connectivity index (χ2v) is 4.37. The molecular weight excluding hydrogens is 214 g/mol. The molecule has 17 heavy (non-hydrogen) atoms. The van der Waals surface area contributed by atoms with Crippen LogP contribution in [0.3, 0.4) is 0 Å². The Labute approximate surface area is 103 Å². The molecule has 1 aromatic rings. The third-order valence-electron chi connectivity index (χ3n) is 3.18. The van der Waals surface area contributed by atoms with Crippen molar-refractivity contribution in [2.24, 2.45) is 0 Å². The number of nitrogens with zero attached hydrogens (tertiary/aromatic N) is 2. The third-order valence-corrected chi connectivity index (χ3v) is 3.18. The van der Waals surface area contributed by atoms with Crippen LogP contribution < -0.4 is 15.0 Å². The quantitative estimate of drug-likeness (QED) is 0.861. The highest BCUT2D eigenvalue weighted by Gasteiger charge is 2.22. The first kappa shape index (κ1) is 12.2. The Bertz CT molecular complexity index is 354. The summed E-state index contributed by atoms with van der Waals surface area (Å²) in [6, 6.07) is 4.45. The molecule has 4 heteroatoms. The summed E-state index contributed by atoms with van der Waals surface area (Å²) in [6.45, 7) is 5.26. The average molecular weight is 235 g/mol. The third kappa shape index (κ3) is 2.88. The fourth-order valence-corrected chi connectivity index (χ4v) is 2.40. The Kier molecular flexibility index (Phi) is 4.20. The molecule has 2 heterocycles. The lowest BCUT2D eigenvalue weighted by atomic mass is 10.1. The summed E-state index contributed by atoms with van der Waals surface area (Å²) >= 11 is 0. The maximum atomic E-state index is 5.37. The van der Waals surface area contributed by atoms with Crippen LogP contribution in [0.25, 0.3) is 0 Å². The summed E-state index contributed by atoms with van der Waals surface area (Å²) in [5, 5.41) is 3.51. The lowest BCUT2D eigenvalue weighted by molar-refractivity contribution is 0.399. The first-order valence-electron chi connectivity index (χ1n) is 6.32. The summed E-state index contributed by atoms with van der Waals surface area (Å²) in [5.74, 6) is 1.84. The lowest BCUT2D eigenvalue weighted by Crippen LogP contribution is -2.46. The highest BCUT2D eigenvalue weighted by Crippen LogP contribution is 2.27. The molecule has 0 aromatic carbocycles. The molecule has 0 radical (unpaired) electrons. The van der Waals surface area contributed by atoms with E-state index in [4.69, 9.17) is 4.74 Å². The normalized spacial score (nSPS) is 20.4. The van der Waals surface area contributed by atoms with Gasteiger partial charge in [0, 0.05) is 25.3 Å². The van der Waals surface area contributed by atoms with Crippen molar-refractivity contribution < 1.29 is 4.74 Å². The second kappa shape index (κ2) is 5.87. The van der Waals surface area contributed by atoms with Gasteiger partial charge in [-0.05, 0) is 31.5 Å². The van der Waals surface area contributed by atoms with E-state index in [2.05, 4.69) is 22.1 Å². The van der Waals surface area contributed by atoms with Crippen LogP contribution in [0.4, 0.5) is 5.82 Å². The molecule has 1 saturated heterocycles. The van der Waals surface area contributed by atoms with E-state index in [9.17, 15) is 0 Å². The second-order valence-electron chi connectivity index (χ2n) is 4.37. The van der Waals surface area contributed by atoms with E-state index in [1.165, 1.54) is 12.8 Å². The molecule has 0 amide bonds. The van der Waals surface area contributed by atoms with Crippen molar-refractivity contribution in [2.45, 2.75) is 25.8 Å². The zero-order valence-electron chi connectivity index (χ0n) is 10.6. The van der Waals surface area contributed by atoms with Gasteiger partial charge >= 0.3 is 0 Å². The van der Waals surface area contributed by atoms with Crippen molar-refractivity contribution in [2.75, 3.05) is 31.6 Å². The van der Waals surface area contributed by atoms with Gasteiger partial charge < -0.3 is 15.0 Å². The van der Waals surface area contributed by atoms with Gasteiger partial charge in [0.25, 0.3) is 0 Å². The Hall–Kier alpha value is -1.29. The predicted octanol–water partition coefficient (Wildman–Crippen LogP) is 1.67. The van der Waals surface area contributed by atoms with E-state index in [-0.39, 0.29) is 0 Å². The van der Waals surface area contributed by atoms with Gasteiger partial charge in [-0.2, -0.15) is 0 Å². The van der Waals surface area contributed by atoms with Crippen molar-refractivity contribution >= 4 is 5.82 Å². The van der Waals surface area contributed by atoms with E-state index in [1.807, 2.05) is 18.3 Å². The standard InChI is InChI=1S/C13H21N3O/c1-3-14-11-6-5-9-16(10-11)13-12(17-2)7-4-8-15-13/h4,7-8,11,14H,3,5-6,9-10H2,1-2H3. The molecule has 1 aromatic heterocycles. The number of hydrogen-bond donors (Lipinski definition) is 1. The van der Waals surface area contributed by atoms with E-state index in [0.29, 0.717) is 6.04 Å². The first-order valence-corrected chi connectivity index (χ1v) is 6.32. The van der Waals surface area contributed by atoms with Crippen molar-refractivity contribution in [3.8, 4) is 5.75 Å². The Morgan fingerprint density at radius 3 is 3.24 bits per heavy atom. The Morgan fingerprint density at radius 2 is 2.47 bits per heavy atom. The first-order chi connectivity index (χ1) is 8.35. The largest absolute Gasteiger partial charge is 0.493 e. The minimum absolute atomic E-state index is 0.570. The molecule has 1 atom stereocenters. The predicted molar refractivity (Wildman–Crippen MR) is 69.7 cm³/mol. The summed E-state index contributed by atoms with van der Waals surface area (Å²) < 4.78 is 5.37. The SMILES string of the molecule is CCNC1CCCN(c2ncccc2OC)C1. The van der Waals surface area contributed by atoms with Gasteiger partial charge in [-0.3, -0.25) is 0 Å². The summed E-state index contributed by atoms with van der Waals surface area (Å²) in [6.07, 6.45) is 4.28. The maximum absolute atomic E-state index is 5.37. The van der Waals surface area contributed by atoms with Crippen LogP contribution in [-0.4, -0.2) is 37.8 Å². The molecule has 1 fully saturated rings. The van der Waals surface area contributed by atoms with E-state index >= 15 is 0 Å². The van der Waals surface area contributed by atoms with Gasteiger partial charge in [0.2, 0.25) is 0 Å². The molecule has 1 aliphatic rings. The number of rotatable bonds is 4. The number of anilines is 1. The van der Waals surface area contributed by atoms with Crippen LogP contribution in [0, 0.1) is 0 Å². The Balaban J connectivity index is 2.10. The summed E-state index contributed by atoms with van der Waals surface area (Å²) in [5.41, 5.74) is 0. The fraction of sp³-hybridized carbons (Fsp3) is 0.615. The van der Waals surface area contributed by atoms with Gasteiger partial charge in [0.05, 0.1) is 7.11 Å². The zero-order valence-corrected chi connectivity index (χ0v) is 10.6. The molecule has 0 spiro atoms. The number of methoxy groups -OCH3 is 1. The smallest absolute Gasteiger partial charge is 0.171 e. The van der Waals surface area contributed by atoms with E-state index in [1.54, 1.807) is 7.11 Å². The molecule has 4 nitrogen and oxygen atoms in total. The van der Waals surface area contributed by atoms with Gasteiger partial charge in [0.1, 0.15) is 0 Å². The number of ether oxygens (including phenoxy) is 1. The van der Waals surface area contributed by atoms with Crippen LogP contribution in [0.1, 0.15) is 19.8 Å². The van der Waals surface area contributed by atoms with Crippen LogP contribution >= 0.6 is 0 Å². The zero-order chi connectivity index (χ0) is 12.1. The minimum Gasteiger partial charge on any atom is -0.493 e. The summed E-state index contributed by atoms with van der Waals surface area (Å²) in [4.78, 5) is 6.76. The van der Waals surface area contributed by atoms with E-state index in [0.717, 1.165) is 31.2 Å². The van der Waals surface area contributed by atoms with Crippen molar-refractivity contribution in [3.05, 3.63) is 18.3 Å². The molecule has 0 bridgehead atoms. The minimum atomic E-state index is 0.570. The number of likely N-dealkylation sites (N-methyl/N-ethyl adjacent to an activating group) is 1. The number of piperidine rings is 1. The molecular formula is C13H21N3O. The van der Waals surface area contributed by atoms with Gasteiger partial charge in [-0.15, -0.1) is 0 Å². The topological polar surface area (TPSA) is 37.4 Å². The number of aromatic nitrogens is 1. The number of nitrogens with one attached hydrogen (secondary N) is 1. The van der Waals surface area contributed by atoms with E-state index < -0.39 is 0 Å². The van der Waals surface area contributed by atoms with Crippen LogP contribution in [-0.2, 0) is 0 Å². The highest BCUT2D eigenvalue weighted by atomic mass is 16.5. The Morgan fingerprint density at radius 1 is 1.59 bits per heavy atom. The van der Waals surface area contributed by atoms with Crippen molar-refractivity contribution in [1.82, 2.24) is 10.3 Å². The average Bonchev–Trinajstić information content (AvgIpc) is 2.39. The van der Waals surface area contributed by atoms with Crippen LogP contribution in [0.2, 0.25) is 0 Å². The summed E-state index contributed by atoms with van der Waals surface area (Å²) in [7, 11) is 1.70. The van der Waals surface area contributed by atoms with Gasteiger partial charge in [-0.1, -0.05) is 6.92 Å². The molecule has 1 aliphatic heterocycles. The van der Waals surface area contributed by atoms with Crippen LogP contribution in [0.15, 0.2) is 18.3 Å². The maximum Gasteiger partial charge on any atom is 0.171 e. The number of pyridine rings is 1. The van der Waals surface area contributed by atoms with Gasteiger partial charge in [0.15, 0.2) is 11.6 Å². The molecule has 94 valence electrons. The van der Waals surface area contributed by atoms with Crippen molar-refractivity contribution in [1.29, 1.82) is 0 Å². The fourth-order valence-electron chi connectivity index (χ4n) is 2.40. The highest BCUT2D eigenvalue weighted by molar-refractivity contribution is 5.52. The lowest BCUT2D eigenvalue weighted by Gasteiger charge is -2.34. The number of hydrogen-bond acceptors (Lipinski definition) is 4. The molecule has 2 rings (SSSR count). The monoisotopic (exact) mass is 235 g/mol. The molecule has 1 N–H and O–H groups in total. The van der Waals surface area contributed by atoms with Gasteiger partial charge in [-0.25, -0.2) is 4.98 Å². The molecule has 1 unspecified atom stereocenters. The van der Waals surface area contributed by atoms with Crippen molar-refractivity contribution in [3.63, 3.8) is 0 Å². The molecule has 0 aliphatic carbocycles.